The molecule has 0 heterocycles. The Morgan fingerprint density at radius 3 is 2.22 bits per heavy atom. The minimum Gasteiger partial charge on any atom is -0.452 e. The van der Waals surface area contributed by atoms with E-state index in [1.54, 1.807) is 0 Å². The van der Waals surface area contributed by atoms with E-state index >= 15 is 0 Å². The molecule has 2 aromatic carbocycles. The molecule has 4 nitrogen and oxygen atoms in total. The number of nitrogens with one attached hydrogen (secondary N) is 1. The standard InChI is InChI=1S/C16H8Cl4F3NO3/c17-8-4-5-9(18)13(20)12(8)15(26)27-6-11(25)24-14-7(16(21,22)23)2-1-3-10(14)19/h1-5H,6H2,(H,24,25). The van der Waals surface area contributed by atoms with Crippen LogP contribution < -0.4 is 5.32 Å². The zero-order chi connectivity index (χ0) is 20.4. The number of hydrogen-bond donors (Lipinski definition) is 1. The van der Waals surface area contributed by atoms with Crippen LogP contribution in [0.1, 0.15) is 15.9 Å². The van der Waals surface area contributed by atoms with Gasteiger partial charge in [0.25, 0.3) is 5.91 Å². The summed E-state index contributed by atoms with van der Waals surface area (Å²) in [6.07, 6.45) is -4.74. The number of benzene rings is 2. The van der Waals surface area contributed by atoms with E-state index in [0.29, 0.717) is 0 Å². The summed E-state index contributed by atoms with van der Waals surface area (Å²) in [7, 11) is 0. The van der Waals surface area contributed by atoms with Crippen LogP contribution in [-0.4, -0.2) is 18.5 Å². The Balaban J connectivity index is 2.13. The minimum absolute atomic E-state index is 0.0309. The number of hydrogen-bond acceptors (Lipinski definition) is 3. The zero-order valence-corrected chi connectivity index (χ0v) is 16.0. The molecule has 1 amide bonds. The predicted octanol–water partition coefficient (Wildman–Crippen LogP) is 6.11. The number of esters is 1. The second kappa shape index (κ2) is 8.56. The molecule has 0 aliphatic rings. The van der Waals surface area contributed by atoms with Crippen LogP contribution in [0.5, 0.6) is 0 Å². The van der Waals surface area contributed by atoms with Gasteiger partial charge in [-0.1, -0.05) is 52.5 Å². The highest BCUT2D eigenvalue weighted by Crippen LogP contribution is 2.38. The molecule has 0 aliphatic carbocycles. The van der Waals surface area contributed by atoms with E-state index < -0.39 is 35.9 Å². The Hall–Kier alpha value is -1.67. The smallest absolute Gasteiger partial charge is 0.418 e. The Bertz CT molecular complexity index is 903. The highest BCUT2D eigenvalue weighted by Gasteiger charge is 2.35. The topological polar surface area (TPSA) is 55.4 Å². The van der Waals surface area contributed by atoms with Gasteiger partial charge < -0.3 is 10.1 Å². The zero-order valence-electron chi connectivity index (χ0n) is 13.0. The van der Waals surface area contributed by atoms with Crippen molar-refractivity contribution in [3.05, 3.63) is 61.5 Å². The van der Waals surface area contributed by atoms with Crippen molar-refractivity contribution in [3.8, 4) is 0 Å². The number of carbonyl (C=O) groups excluding carboxylic acids is 2. The molecule has 0 spiro atoms. The number of amides is 1. The molecule has 1 N–H and O–H groups in total. The van der Waals surface area contributed by atoms with E-state index in [-0.39, 0.29) is 25.7 Å². The summed E-state index contributed by atoms with van der Waals surface area (Å²) in [5, 5.41) is 1.43. The lowest BCUT2D eigenvalue weighted by molar-refractivity contribution is -0.137. The summed E-state index contributed by atoms with van der Waals surface area (Å²) in [5.41, 5.74) is -2.06. The van der Waals surface area contributed by atoms with Crippen LogP contribution in [0.25, 0.3) is 0 Å². The second-order valence-electron chi connectivity index (χ2n) is 5.00. The fourth-order valence-electron chi connectivity index (χ4n) is 1.98. The van der Waals surface area contributed by atoms with Crippen LogP contribution in [-0.2, 0) is 15.7 Å². The molecule has 0 unspecified atom stereocenters. The monoisotopic (exact) mass is 459 g/mol. The van der Waals surface area contributed by atoms with Crippen molar-refractivity contribution < 1.29 is 27.5 Å². The highest BCUT2D eigenvalue weighted by molar-refractivity contribution is 6.46. The molecule has 0 saturated heterocycles. The molecule has 0 fully saturated rings. The van der Waals surface area contributed by atoms with Gasteiger partial charge in [0.05, 0.1) is 36.9 Å². The number of ether oxygens (including phenoxy) is 1. The van der Waals surface area contributed by atoms with Gasteiger partial charge in [-0.3, -0.25) is 4.79 Å². The number of halogens is 7. The maximum Gasteiger partial charge on any atom is 0.418 e. The summed E-state index contributed by atoms with van der Waals surface area (Å²) in [6.45, 7) is -0.902. The number of anilines is 1. The molecular weight excluding hydrogens is 453 g/mol. The van der Waals surface area contributed by atoms with Crippen LogP contribution in [0.15, 0.2) is 30.3 Å². The van der Waals surface area contributed by atoms with Gasteiger partial charge in [-0.25, -0.2) is 4.79 Å². The molecule has 0 saturated carbocycles. The molecule has 27 heavy (non-hydrogen) atoms. The van der Waals surface area contributed by atoms with Gasteiger partial charge in [0.15, 0.2) is 6.61 Å². The largest absolute Gasteiger partial charge is 0.452 e. The van der Waals surface area contributed by atoms with Crippen molar-refractivity contribution in [3.63, 3.8) is 0 Å². The normalized spacial score (nSPS) is 11.2. The SMILES string of the molecule is O=C(COC(=O)c1c(Cl)ccc(Cl)c1Cl)Nc1c(Cl)cccc1C(F)(F)F. The van der Waals surface area contributed by atoms with Crippen LogP contribution in [0.4, 0.5) is 18.9 Å². The van der Waals surface area contributed by atoms with Crippen molar-refractivity contribution in [2.45, 2.75) is 6.18 Å². The van der Waals surface area contributed by atoms with Crippen LogP contribution >= 0.6 is 46.4 Å². The molecule has 0 atom stereocenters. The van der Waals surface area contributed by atoms with Crippen molar-refractivity contribution >= 4 is 64.0 Å². The quantitative estimate of drug-likeness (QED) is 0.442. The number of para-hydroxylation sites is 1. The van der Waals surface area contributed by atoms with Crippen LogP contribution in [0.3, 0.4) is 0 Å². The molecule has 2 rings (SSSR count). The van der Waals surface area contributed by atoms with E-state index in [0.717, 1.165) is 12.1 Å². The average Bonchev–Trinajstić information content (AvgIpc) is 2.57. The molecule has 11 heteroatoms. The van der Waals surface area contributed by atoms with E-state index in [9.17, 15) is 22.8 Å². The van der Waals surface area contributed by atoms with Crippen molar-refractivity contribution in [1.82, 2.24) is 0 Å². The van der Waals surface area contributed by atoms with Gasteiger partial charge in [-0.05, 0) is 24.3 Å². The lowest BCUT2D eigenvalue weighted by atomic mass is 10.1. The average molecular weight is 461 g/mol. The minimum atomic E-state index is -4.74. The first-order valence-corrected chi connectivity index (χ1v) is 8.49. The molecule has 0 radical (unpaired) electrons. The third-order valence-corrected chi connectivity index (χ3v) is 4.60. The van der Waals surface area contributed by atoms with E-state index in [1.807, 2.05) is 5.32 Å². The summed E-state index contributed by atoms with van der Waals surface area (Å²) in [6, 6.07) is 5.66. The highest BCUT2D eigenvalue weighted by atomic mass is 35.5. The van der Waals surface area contributed by atoms with Crippen molar-refractivity contribution in [1.29, 1.82) is 0 Å². The Morgan fingerprint density at radius 1 is 0.963 bits per heavy atom. The first kappa shape index (κ1) is 21.6. The molecule has 144 valence electrons. The fourth-order valence-corrected chi connectivity index (χ4v) is 2.88. The Kier molecular flexibility index (Phi) is 6.86. The molecule has 0 aliphatic heterocycles. The van der Waals surface area contributed by atoms with Crippen molar-refractivity contribution in [2.75, 3.05) is 11.9 Å². The predicted molar refractivity (Wildman–Crippen MR) is 96.8 cm³/mol. The molecule has 2 aromatic rings. The summed E-state index contributed by atoms with van der Waals surface area (Å²) in [4.78, 5) is 24.0. The van der Waals surface area contributed by atoms with Gasteiger partial charge in [0.2, 0.25) is 0 Å². The fraction of sp³-hybridized carbons (Fsp3) is 0.125. The Morgan fingerprint density at radius 2 is 1.59 bits per heavy atom. The van der Waals surface area contributed by atoms with E-state index in [1.165, 1.54) is 18.2 Å². The Labute approximate surface area is 171 Å². The first-order valence-electron chi connectivity index (χ1n) is 6.98. The second-order valence-corrected chi connectivity index (χ2v) is 6.60. The van der Waals surface area contributed by atoms with E-state index in [2.05, 4.69) is 0 Å². The van der Waals surface area contributed by atoms with E-state index in [4.69, 9.17) is 51.1 Å². The molecule has 0 aromatic heterocycles. The van der Waals surface area contributed by atoms with Gasteiger partial charge in [-0.2, -0.15) is 13.2 Å². The molecular formula is C16H8Cl4F3NO3. The maximum atomic E-state index is 13.0. The van der Waals surface area contributed by atoms with Gasteiger partial charge in [-0.15, -0.1) is 0 Å². The van der Waals surface area contributed by atoms with Crippen LogP contribution in [0.2, 0.25) is 20.1 Å². The lowest BCUT2D eigenvalue weighted by Crippen LogP contribution is -2.23. The third kappa shape index (κ3) is 5.19. The lowest BCUT2D eigenvalue weighted by Gasteiger charge is -2.15. The third-order valence-electron chi connectivity index (χ3n) is 3.17. The molecule has 0 bridgehead atoms. The van der Waals surface area contributed by atoms with Crippen molar-refractivity contribution in [2.24, 2.45) is 0 Å². The van der Waals surface area contributed by atoms with Gasteiger partial charge in [0.1, 0.15) is 0 Å². The van der Waals surface area contributed by atoms with Gasteiger partial charge >= 0.3 is 12.1 Å². The number of alkyl halides is 3. The first-order chi connectivity index (χ1) is 12.5. The number of carbonyl (C=O) groups is 2. The summed E-state index contributed by atoms with van der Waals surface area (Å²) in [5.74, 6) is -2.12. The summed E-state index contributed by atoms with van der Waals surface area (Å²) < 4.78 is 43.8. The van der Waals surface area contributed by atoms with Gasteiger partial charge in [0, 0.05) is 0 Å². The maximum absolute atomic E-state index is 13.0. The number of rotatable bonds is 4. The van der Waals surface area contributed by atoms with Crippen LogP contribution in [0, 0.1) is 0 Å². The summed E-state index contributed by atoms with van der Waals surface area (Å²) >= 11 is 23.2.